The Hall–Kier alpha value is -3.12. The van der Waals surface area contributed by atoms with Crippen LogP contribution in [0.15, 0.2) is 48.8 Å². The first-order valence-corrected chi connectivity index (χ1v) is 8.65. The molecule has 0 atom stereocenters. The maximum absolute atomic E-state index is 12.4. The Balaban J connectivity index is 1.73. The zero-order valence-corrected chi connectivity index (χ0v) is 16.0. The fraction of sp³-hybridized carbons (Fsp3) is 0.150. The molecule has 1 amide bonds. The lowest BCUT2D eigenvalue weighted by Crippen LogP contribution is -2.15. The number of aryl methyl sites for hydroxylation is 2. The zero-order chi connectivity index (χ0) is 19.4. The minimum Gasteiger partial charge on any atom is -0.495 e. The van der Waals surface area contributed by atoms with E-state index in [1.807, 2.05) is 32.0 Å². The van der Waals surface area contributed by atoms with E-state index in [0.29, 0.717) is 22.3 Å². The highest BCUT2D eigenvalue weighted by molar-refractivity contribution is 6.31. The summed E-state index contributed by atoms with van der Waals surface area (Å²) < 4.78 is 5.29. The number of hydrogen-bond donors (Lipinski definition) is 2. The highest BCUT2D eigenvalue weighted by Gasteiger charge is 2.11. The van der Waals surface area contributed by atoms with Gasteiger partial charge in [0, 0.05) is 10.7 Å². The second kappa shape index (κ2) is 8.05. The number of nitrogens with zero attached hydrogens (tertiary/aromatic N) is 2. The minimum absolute atomic E-state index is 0.221. The lowest BCUT2D eigenvalue weighted by Gasteiger charge is -2.11. The molecule has 27 heavy (non-hydrogen) atoms. The van der Waals surface area contributed by atoms with Gasteiger partial charge in [0.25, 0.3) is 5.91 Å². The number of carbonyl (C=O) groups is 1. The average molecular weight is 383 g/mol. The molecular weight excluding hydrogens is 364 g/mol. The number of aromatic nitrogens is 2. The van der Waals surface area contributed by atoms with Gasteiger partial charge in [0.15, 0.2) is 0 Å². The molecule has 0 aliphatic heterocycles. The fourth-order valence-electron chi connectivity index (χ4n) is 2.57. The van der Waals surface area contributed by atoms with E-state index in [0.717, 1.165) is 16.8 Å². The molecule has 138 valence electrons. The average Bonchev–Trinajstić information content (AvgIpc) is 2.65. The molecular formula is C20H19ClN4O2. The molecule has 1 aromatic heterocycles. The second-order valence-corrected chi connectivity index (χ2v) is 6.47. The van der Waals surface area contributed by atoms with Crippen LogP contribution in [0.1, 0.15) is 21.6 Å². The topological polar surface area (TPSA) is 76.1 Å². The lowest BCUT2D eigenvalue weighted by atomic mass is 10.1. The van der Waals surface area contributed by atoms with E-state index in [1.165, 1.54) is 12.4 Å². The van der Waals surface area contributed by atoms with E-state index in [2.05, 4.69) is 20.6 Å². The van der Waals surface area contributed by atoms with Crippen molar-refractivity contribution in [1.82, 2.24) is 9.97 Å². The molecule has 3 rings (SSSR count). The van der Waals surface area contributed by atoms with E-state index >= 15 is 0 Å². The van der Waals surface area contributed by atoms with Crippen LogP contribution in [0, 0.1) is 13.8 Å². The molecule has 3 aromatic rings. The zero-order valence-electron chi connectivity index (χ0n) is 15.2. The van der Waals surface area contributed by atoms with Crippen molar-refractivity contribution in [2.24, 2.45) is 0 Å². The number of nitrogens with one attached hydrogen (secondary N) is 2. The smallest absolute Gasteiger partial charge is 0.275 e. The van der Waals surface area contributed by atoms with E-state index < -0.39 is 0 Å². The summed E-state index contributed by atoms with van der Waals surface area (Å²) in [6, 6.07) is 11.0. The lowest BCUT2D eigenvalue weighted by molar-refractivity contribution is 0.102. The van der Waals surface area contributed by atoms with Crippen molar-refractivity contribution in [3.05, 3.63) is 70.6 Å². The molecule has 2 N–H and O–H groups in total. The van der Waals surface area contributed by atoms with Crippen molar-refractivity contribution >= 4 is 34.7 Å². The van der Waals surface area contributed by atoms with Gasteiger partial charge >= 0.3 is 0 Å². The van der Waals surface area contributed by atoms with Gasteiger partial charge in [-0.15, -0.1) is 0 Å². The van der Waals surface area contributed by atoms with Crippen molar-refractivity contribution in [2.45, 2.75) is 13.8 Å². The molecule has 0 aliphatic rings. The van der Waals surface area contributed by atoms with Crippen LogP contribution in [0.4, 0.5) is 17.2 Å². The van der Waals surface area contributed by atoms with Crippen LogP contribution in [-0.2, 0) is 0 Å². The Morgan fingerprint density at radius 2 is 1.85 bits per heavy atom. The number of anilines is 3. The summed E-state index contributed by atoms with van der Waals surface area (Å²) in [4.78, 5) is 20.8. The van der Waals surface area contributed by atoms with Crippen LogP contribution in [0.25, 0.3) is 0 Å². The summed E-state index contributed by atoms with van der Waals surface area (Å²) in [6.45, 7) is 3.95. The largest absolute Gasteiger partial charge is 0.495 e. The first-order valence-electron chi connectivity index (χ1n) is 8.27. The van der Waals surface area contributed by atoms with E-state index in [9.17, 15) is 4.79 Å². The number of hydrogen-bond acceptors (Lipinski definition) is 5. The molecule has 0 radical (unpaired) electrons. The summed E-state index contributed by atoms with van der Waals surface area (Å²) in [7, 11) is 1.57. The summed E-state index contributed by atoms with van der Waals surface area (Å²) in [5.41, 5.74) is 3.75. The standard InChI is InChI=1S/C20H19ClN4O2/c1-12-4-6-15(13(2)8-12)25-20(26)17-10-23-19(11-22-17)24-16-9-14(21)5-7-18(16)27-3/h4-11H,1-3H3,(H,23,24)(H,25,26). The third-order valence-electron chi connectivity index (χ3n) is 3.94. The Morgan fingerprint density at radius 1 is 1.04 bits per heavy atom. The molecule has 2 aromatic carbocycles. The summed E-state index contributed by atoms with van der Waals surface area (Å²) >= 11 is 6.02. The van der Waals surface area contributed by atoms with Crippen molar-refractivity contribution in [3.8, 4) is 5.75 Å². The van der Waals surface area contributed by atoms with Crippen LogP contribution >= 0.6 is 11.6 Å². The molecule has 0 unspecified atom stereocenters. The van der Waals surface area contributed by atoms with Gasteiger partial charge in [0.1, 0.15) is 17.3 Å². The predicted octanol–water partition coefficient (Wildman–Crippen LogP) is 4.75. The van der Waals surface area contributed by atoms with Crippen molar-refractivity contribution in [2.75, 3.05) is 17.7 Å². The quantitative estimate of drug-likeness (QED) is 0.665. The molecule has 6 nitrogen and oxygen atoms in total. The van der Waals surface area contributed by atoms with Gasteiger partial charge in [0.05, 0.1) is 25.2 Å². The number of ether oxygens (including phenoxy) is 1. The van der Waals surface area contributed by atoms with Gasteiger partial charge in [-0.25, -0.2) is 9.97 Å². The first-order chi connectivity index (χ1) is 13.0. The molecule has 0 spiro atoms. The van der Waals surface area contributed by atoms with Crippen molar-refractivity contribution in [1.29, 1.82) is 0 Å². The van der Waals surface area contributed by atoms with Gasteiger partial charge in [-0.3, -0.25) is 4.79 Å². The number of halogens is 1. The number of rotatable bonds is 5. The molecule has 0 saturated carbocycles. The third kappa shape index (κ3) is 4.54. The van der Waals surface area contributed by atoms with Crippen molar-refractivity contribution in [3.63, 3.8) is 0 Å². The molecule has 0 bridgehead atoms. The van der Waals surface area contributed by atoms with Gasteiger partial charge in [-0.05, 0) is 43.7 Å². The van der Waals surface area contributed by atoms with Gasteiger partial charge in [-0.2, -0.15) is 0 Å². The van der Waals surface area contributed by atoms with E-state index in [4.69, 9.17) is 16.3 Å². The van der Waals surface area contributed by atoms with Crippen LogP contribution in [0.2, 0.25) is 5.02 Å². The summed E-state index contributed by atoms with van der Waals surface area (Å²) in [5.74, 6) is 0.776. The summed E-state index contributed by atoms with van der Waals surface area (Å²) in [5, 5.41) is 6.50. The SMILES string of the molecule is COc1ccc(Cl)cc1Nc1cnc(C(=O)Nc2ccc(C)cc2C)cn1. The Morgan fingerprint density at radius 3 is 2.52 bits per heavy atom. The Labute approximate surface area is 162 Å². The monoisotopic (exact) mass is 382 g/mol. The van der Waals surface area contributed by atoms with Gasteiger partial charge in [-0.1, -0.05) is 29.3 Å². The fourth-order valence-corrected chi connectivity index (χ4v) is 2.74. The highest BCUT2D eigenvalue weighted by Crippen LogP contribution is 2.29. The first kappa shape index (κ1) is 18.7. The van der Waals surface area contributed by atoms with Gasteiger partial charge < -0.3 is 15.4 Å². The molecule has 0 aliphatic carbocycles. The van der Waals surface area contributed by atoms with Crippen LogP contribution in [0.5, 0.6) is 5.75 Å². The minimum atomic E-state index is -0.318. The van der Waals surface area contributed by atoms with Crippen LogP contribution in [-0.4, -0.2) is 23.0 Å². The van der Waals surface area contributed by atoms with Crippen LogP contribution in [0.3, 0.4) is 0 Å². The normalized spacial score (nSPS) is 10.4. The number of benzene rings is 2. The molecule has 7 heteroatoms. The number of carbonyl (C=O) groups excluding carboxylic acids is 1. The second-order valence-electron chi connectivity index (χ2n) is 6.03. The van der Waals surface area contributed by atoms with Crippen LogP contribution < -0.4 is 15.4 Å². The summed E-state index contributed by atoms with van der Waals surface area (Å²) in [6.07, 6.45) is 2.90. The van der Waals surface area contributed by atoms with Crippen molar-refractivity contribution < 1.29 is 9.53 Å². The highest BCUT2D eigenvalue weighted by atomic mass is 35.5. The predicted molar refractivity (Wildman–Crippen MR) is 107 cm³/mol. The Bertz CT molecular complexity index is 974. The molecule has 0 saturated heterocycles. The van der Waals surface area contributed by atoms with E-state index in [-0.39, 0.29) is 11.6 Å². The Kier molecular flexibility index (Phi) is 5.57. The van der Waals surface area contributed by atoms with Gasteiger partial charge in [0.2, 0.25) is 0 Å². The maximum Gasteiger partial charge on any atom is 0.275 e. The molecule has 1 heterocycles. The van der Waals surface area contributed by atoms with E-state index in [1.54, 1.807) is 25.3 Å². The maximum atomic E-state index is 12.4. The third-order valence-corrected chi connectivity index (χ3v) is 4.17. The number of methoxy groups -OCH3 is 1. The number of amides is 1. The molecule has 0 fully saturated rings.